The van der Waals surface area contributed by atoms with Crippen molar-refractivity contribution < 1.29 is 9.53 Å². The Balaban J connectivity index is 2.08. The van der Waals surface area contributed by atoms with Gasteiger partial charge >= 0.3 is 0 Å². The maximum absolute atomic E-state index is 11.8. The minimum atomic E-state index is -0.253. The van der Waals surface area contributed by atoms with Gasteiger partial charge in [-0.05, 0) is 23.7 Å². The average molecular weight is 286 g/mol. The number of hydrogen-bond acceptors (Lipinski definition) is 4. The standard InChI is InChI=1S/C13H14N6O2/c1-21-9-7-15-13(20)12-6-8-19(17-12)11-4-2-10(3-5-11)16-18-14/h2-6,8H,7,9H2,1H3,(H,15,20). The second-order valence-electron chi connectivity index (χ2n) is 4.10. The van der Waals surface area contributed by atoms with E-state index in [-0.39, 0.29) is 5.91 Å². The molecule has 2 aromatic rings. The van der Waals surface area contributed by atoms with Crippen molar-refractivity contribution in [2.24, 2.45) is 5.11 Å². The Labute approximate surface area is 121 Å². The smallest absolute Gasteiger partial charge is 0.271 e. The Morgan fingerprint density at radius 3 is 2.86 bits per heavy atom. The molecule has 0 fully saturated rings. The van der Waals surface area contributed by atoms with Crippen molar-refractivity contribution in [1.82, 2.24) is 15.1 Å². The van der Waals surface area contributed by atoms with Gasteiger partial charge in [0.2, 0.25) is 0 Å². The fraction of sp³-hybridized carbons (Fsp3) is 0.231. The summed E-state index contributed by atoms with van der Waals surface area (Å²) < 4.78 is 6.43. The van der Waals surface area contributed by atoms with Gasteiger partial charge in [0.15, 0.2) is 5.69 Å². The van der Waals surface area contributed by atoms with Gasteiger partial charge in [-0.15, -0.1) is 0 Å². The molecule has 0 aliphatic heterocycles. The van der Waals surface area contributed by atoms with E-state index in [0.717, 1.165) is 5.69 Å². The molecule has 0 saturated heterocycles. The lowest BCUT2D eigenvalue weighted by molar-refractivity contribution is 0.0931. The quantitative estimate of drug-likeness (QED) is 0.381. The number of amides is 1. The van der Waals surface area contributed by atoms with Crippen LogP contribution in [-0.4, -0.2) is 35.9 Å². The van der Waals surface area contributed by atoms with Crippen LogP contribution in [0, 0.1) is 0 Å². The van der Waals surface area contributed by atoms with Gasteiger partial charge in [-0.2, -0.15) is 5.10 Å². The molecule has 0 atom stereocenters. The third-order valence-corrected chi connectivity index (χ3v) is 2.69. The van der Waals surface area contributed by atoms with Crippen molar-refractivity contribution in [1.29, 1.82) is 0 Å². The summed E-state index contributed by atoms with van der Waals surface area (Å²) in [7, 11) is 1.57. The van der Waals surface area contributed by atoms with E-state index < -0.39 is 0 Å². The minimum absolute atomic E-state index is 0.253. The van der Waals surface area contributed by atoms with E-state index in [2.05, 4.69) is 20.4 Å². The molecule has 0 aliphatic rings. The molecule has 8 heteroatoms. The molecule has 0 radical (unpaired) electrons. The Kier molecular flexibility index (Phi) is 4.92. The third-order valence-electron chi connectivity index (χ3n) is 2.69. The number of benzene rings is 1. The van der Waals surface area contributed by atoms with Crippen LogP contribution in [0.4, 0.5) is 5.69 Å². The molecule has 0 aliphatic carbocycles. The number of aromatic nitrogens is 2. The van der Waals surface area contributed by atoms with Gasteiger partial charge in [0.05, 0.1) is 12.3 Å². The van der Waals surface area contributed by atoms with Crippen LogP contribution in [0.25, 0.3) is 16.1 Å². The number of rotatable bonds is 6. The molecule has 108 valence electrons. The lowest BCUT2D eigenvalue weighted by atomic mass is 10.3. The molecule has 0 saturated carbocycles. The van der Waals surface area contributed by atoms with Crippen molar-refractivity contribution in [3.63, 3.8) is 0 Å². The Bertz CT molecular complexity index is 658. The highest BCUT2D eigenvalue weighted by molar-refractivity contribution is 5.92. The van der Waals surface area contributed by atoms with E-state index in [0.29, 0.717) is 24.5 Å². The number of nitrogens with zero attached hydrogens (tertiary/aromatic N) is 5. The van der Waals surface area contributed by atoms with Gasteiger partial charge in [0.1, 0.15) is 0 Å². The molecule has 0 spiro atoms. The summed E-state index contributed by atoms with van der Waals surface area (Å²) in [6.45, 7) is 0.885. The van der Waals surface area contributed by atoms with Gasteiger partial charge in [-0.1, -0.05) is 17.2 Å². The second-order valence-corrected chi connectivity index (χ2v) is 4.10. The van der Waals surface area contributed by atoms with Crippen LogP contribution >= 0.6 is 0 Å². The lowest BCUT2D eigenvalue weighted by Gasteiger charge is -2.02. The Morgan fingerprint density at radius 1 is 1.43 bits per heavy atom. The number of nitrogens with one attached hydrogen (secondary N) is 1. The maximum Gasteiger partial charge on any atom is 0.271 e. The lowest BCUT2D eigenvalue weighted by Crippen LogP contribution is -2.27. The fourth-order valence-corrected chi connectivity index (χ4v) is 1.67. The van der Waals surface area contributed by atoms with Crippen LogP contribution in [0.3, 0.4) is 0 Å². The molecule has 2 rings (SSSR count). The molecule has 1 aromatic carbocycles. The normalized spacial score (nSPS) is 9.95. The van der Waals surface area contributed by atoms with Crippen molar-refractivity contribution in [2.45, 2.75) is 0 Å². The Hall–Kier alpha value is -2.83. The topological polar surface area (TPSA) is 105 Å². The number of hydrogen-bond donors (Lipinski definition) is 1. The molecule has 8 nitrogen and oxygen atoms in total. The summed E-state index contributed by atoms with van der Waals surface area (Å²) in [5, 5.41) is 10.4. The first kappa shape index (κ1) is 14.6. The predicted octanol–water partition coefficient (Wildman–Crippen LogP) is 2.19. The van der Waals surface area contributed by atoms with Gasteiger partial charge in [-0.3, -0.25) is 4.79 Å². The minimum Gasteiger partial charge on any atom is -0.383 e. The summed E-state index contributed by atoms with van der Waals surface area (Å²) in [5.41, 5.74) is 9.96. The third kappa shape index (κ3) is 3.82. The predicted molar refractivity (Wildman–Crippen MR) is 76.6 cm³/mol. The monoisotopic (exact) mass is 286 g/mol. The van der Waals surface area contributed by atoms with Crippen molar-refractivity contribution in [3.05, 3.63) is 52.7 Å². The first-order valence-electron chi connectivity index (χ1n) is 6.23. The number of carbonyl (C=O) groups excluding carboxylic acids is 1. The number of ether oxygens (including phenoxy) is 1. The highest BCUT2D eigenvalue weighted by Gasteiger charge is 2.09. The first-order chi connectivity index (χ1) is 10.2. The van der Waals surface area contributed by atoms with Gasteiger partial charge in [0.25, 0.3) is 5.91 Å². The molecule has 1 aromatic heterocycles. The molecular weight excluding hydrogens is 272 g/mol. The van der Waals surface area contributed by atoms with Crippen molar-refractivity contribution >= 4 is 11.6 Å². The Morgan fingerprint density at radius 2 is 2.19 bits per heavy atom. The molecule has 1 N–H and O–H groups in total. The number of methoxy groups -OCH3 is 1. The highest BCUT2D eigenvalue weighted by Crippen LogP contribution is 2.15. The van der Waals surface area contributed by atoms with Crippen molar-refractivity contribution in [2.75, 3.05) is 20.3 Å². The number of azide groups is 1. The first-order valence-corrected chi connectivity index (χ1v) is 6.23. The van der Waals surface area contributed by atoms with Crippen molar-refractivity contribution in [3.8, 4) is 5.69 Å². The summed E-state index contributed by atoms with van der Waals surface area (Å²) in [5.74, 6) is -0.253. The zero-order chi connectivity index (χ0) is 15.1. The maximum atomic E-state index is 11.8. The zero-order valence-corrected chi connectivity index (χ0v) is 11.4. The molecular formula is C13H14N6O2. The van der Waals surface area contributed by atoms with Crippen LogP contribution in [0.1, 0.15) is 10.5 Å². The van der Waals surface area contributed by atoms with Crippen LogP contribution in [0.15, 0.2) is 41.6 Å². The molecule has 1 heterocycles. The van der Waals surface area contributed by atoms with E-state index in [1.165, 1.54) is 0 Å². The van der Waals surface area contributed by atoms with Gasteiger partial charge in [0, 0.05) is 30.5 Å². The zero-order valence-electron chi connectivity index (χ0n) is 11.4. The molecule has 1 amide bonds. The van der Waals surface area contributed by atoms with Crippen LogP contribution in [-0.2, 0) is 4.74 Å². The van der Waals surface area contributed by atoms with Gasteiger partial charge in [-0.25, -0.2) is 4.68 Å². The number of carbonyl (C=O) groups is 1. The highest BCUT2D eigenvalue weighted by atomic mass is 16.5. The molecule has 0 unspecified atom stereocenters. The van der Waals surface area contributed by atoms with Crippen LogP contribution in [0.5, 0.6) is 0 Å². The largest absolute Gasteiger partial charge is 0.383 e. The van der Waals surface area contributed by atoms with E-state index in [9.17, 15) is 4.79 Å². The van der Waals surface area contributed by atoms with Crippen LogP contribution < -0.4 is 5.32 Å². The SMILES string of the molecule is COCCNC(=O)c1ccn(-c2ccc(N=[N+]=[N-])cc2)n1. The summed E-state index contributed by atoms with van der Waals surface area (Å²) in [6.07, 6.45) is 1.69. The summed E-state index contributed by atoms with van der Waals surface area (Å²) >= 11 is 0. The van der Waals surface area contributed by atoms with E-state index in [1.807, 2.05) is 0 Å². The van der Waals surface area contributed by atoms with E-state index >= 15 is 0 Å². The van der Waals surface area contributed by atoms with E-state index in [4.69, 9.17) is 10.3 Å². The van der Waals surface area contributed by atoms with Crippen LogP contribution in [0.2, 0.25) is 0 Å². The fourth-order valence-electron chi connectivity index (χ4n) is 1.67. The molecule has 0 bridgehead atoms. The molecule has 21 heavy (non-hydrogen) atoms. The summed E-state index contributed by atoms with van der Waals surface area (Å²) in [6, 6.07) is 8.49. The average Bonchev–Trinajstić information content (AvgIpc) is 2.98. The second kappa shape index (κ2) is 7.09. The summed E-state index contributed by atoms with van der Waals surface area (Å²) in [4.78, 5) is 14.5. The van der Waals surface area contributed by atoms with E-state index in [1.54, 1.807) is 48.3 Å². The van der Waals surface area contributed by atoms with Gasteiger partial charge < -0.3 is 10.1 Å².